The molecule has 1 atom stereocenters. The predicted octanol–water partition coefficient (Wildman–Crippen LogP) is 3.86. The molecule has 3 rings (SSSR count). The molecule has 0 bridgehead atoms. The normalized spacial score (nSPS) is 16.6. The molecule has 2 aromatic carbocycles. The number of rotatable bonds is 3. The van der Waals surface area contributed by atoms with Gasteiger partial charge >= 0.3 is 0 Å². The highest BCUT2D eigenvalue weighted by atomic mass is 35.5. The molecule has 0 saturated carbocycles. The number of nitriles is 1. The summed E-state index contributed by atoms with van der Waals surface area (Å²) in [6, 6.07) is 13.6. The van der Waals surface area contributed by atoms with Crippen LogP contribution in [0.5, 0.6) is 0 Å². The number of nitrogens with one attached hydrogen (secondary N) is 1. The van der Waals surface area contributed by atoms with Gasteiger partial charge in [0, 0.05) is 18.7 Å². The average Bonchev–Trinajstić information content (AvgIpc) is 2.97. The Hall–Kier alpha value is -2.55. The van der Waals surface area contributed by atoms with E-state index >= 15 is 0 Å². The van der Waals surface area contributed by atoms with Crippen LogP contribution in [0.2, 0.25) is 10.0 Å². The second kappa shape index (κ2) is 7.14. The van der Waals surface area contributed by atoms with Crippen LogP contribution in [0.15, 0.2) is 42.5 Å². The van der Waals surface area contributed by atoms with Crippen LogP contribution in [0.3, 0.4) is 0 Å². The first kappa shape index (κ1) is 17.3. The summed E-state index contributed by atoms with van der Waals surface area (Å²) in [6.45, 7) is 0.200. The zero-order valence-electron chi connectivity index (χ0n) is 13.0. The molecule has 126 valence electrons. The van der Waals surface area contributed by atoms with Gasteiger partial charge in [-0.15, -0.1) is 0 Å². The first-order valence-corrected chi connectivity index (χ1v) is 8.30. The lowest BCUT2D eigenvalue weighted by Gasteiger charge is -2.19. The van der Waals surface area contributed by atoms with Crippen molar-refractivity contribution in [2.24, 2.45) is 5.92 Å². The van der Waals surface area contributed by atoms with Crippen molar-refractivity contribution in [1.29, 1.82) is 5.26 Å². The van der Waals surface area contributed by atoms with Crippen molar-refractivity contribution in [3.05, 3.63) is 58.1 Å². The maximum Gasteiger partial charge on any atom is 0.229 e. The highest BCUT2D eigenvalue weighted by molar-refractivity contribution is 6.40. The summed E-state index contributed by atoms with van der Waals surface area (Å²) >= 11 is 12.3. The molecule has 5 nitrogen and oxygen atoms in total. The van der Waals surface area contributed by atoms with Gasteiger partial charge in [-0.3, -0.25) is 9.59 Å². The van der Waals surface area contributed by atoms with E-state index in [9.17, 15) is 9.59 Å². The molecule has 2 amide bonds. The monoisotopic (exact) mass is 373 g/mol. The Morgan fingerprint density at radius 3 is 2.56 bits per heavy atom. The van der Waals surface area contributed by atoms with E-state index in [4.69, 9.17) is 28.5 Å². The van der Waals surface area contributed by atoms with Crippen LogP contribution < -0.4 is 10.2 Å². The summed E-state index contributed by atoms with van der Waals surface area (Å²) in [5, 5.41) is 12.4. The minimum atomic E-state index is -0.523. The van der Waals surface area contributed by atoms with Gasteiger partial charge in [0.05, 0.1) is 33.3 Å². The number of halogens is 2. The Labute approximate surface area is 154 Å². The first-order valence-electron chi connectivity index (χ1n) is 7.55. The molecule has 1 fully saturated rings. The molecule has 0 aliphatic carbocycles. The number of para-hydroxylation sites is 1. The van der Waals surface area contributed by atoms with E-state index < -0.39 is 5.92 Å². The fraction of sp³-hybridized carbons (Fsp3) is 0.167. The Kier molecular flexibility index (Phi) is 4.93. The Balaban J connectivity index is 1.76. The lowest BCUT2D eigenvalue weighted by Crippen LogP contribution is -2.28. The Morgan fingerprint density at radius 2 is 1.88 bits per heavy atom. The van der Waals surface area contributed by atoms with Crippen molar-refractivity contribution < 1.29 is 9.59 Å². The van der Waals surface area contributed by atoms with Gasteiger partial charge < -0.3 is 10.2 Å². The molecule has 2 aromatic rings. The third-order valence-corrected chi connectivity index (χ3v) is 4.57. The minimum Gasteiger partial charge on any atom is -0.326 e. The summed E-state index contributed by atoms with van der Waals surface area (Å²) in [5.41, 5.74) is 1.40. The second-order valence-corrected chi connectivity index (χ2v) is 6.47. The number of hydrogen-bond acceptors (Lipinski definition) is 3. The zero-order chi connectivity index (χ0) is 18.0. The van der Waals surface area contributed by atoms with E-state index in [1.165, 1.54) is 4.90 Å². The third-order valence-electron chi connectivity index (χ3n) is 3.96. The van der Waals surface area contributed by atoms with Gasteiger partial charge in [0.2, 0.25) is 11.8 Å². The molecule has 0 radical (unpaired) electrons. The summed E-state index contributed by atoms with van der Waals surface area (Å²) in [7, 11) is 0. The third kappa shape index (κ3) is 3.60. The highest BCUT2D eigenvalue weighted by Gasteiger charge is 2.36. The molecule has 7 heteroatoms. The van der Waals surface area contributed by atoms with Gasteiger partial charge in [-0.2, -0.15) is 5.26 Å². The van der Waals surface area contributed by atoms with Gasteiger partial charge in [0.25, 0.3) is 0 Å². The quantitative estimate of drug-likeness (QED) is 0.887. The molecule has 1 aliphatic heterocycles. The van der Waals surface area contributed by atoms with Crippen LogP contribution in [-0.4, -0.2) is 18.4 Å². The van der Waals surface area contributed by atoms with E-state index in [-0.39, 0.29) is 24.8 Å². The molecule has 1 unspecified atom stereocenters. The largest absolute Gasteiger partial charge is 0.326 e. The molecular weight excluding hydrogens is 361 g/mol. The Morgan fingerprint density at radius 1 is 1.20 bits per heavy atom. The van der Waals surface area contributed by atoms with Gasteiger partial charge in [-0.05, 0) is 30.3 Å². The van der Waals surface area contributed by atoms with Gasteiger partial charge in [0.15, 0.2) is 0 Å². The van der Waals surface area contributed by atoms with Crippen molar-refractivity contribution in [3.8, 4) is 6.07 Å². The SMILES string of the molecule is N#Cc1cccc(NC(=O)C2CC(=O)N(c3c(Cl)cccc3Cl)C2)c1. The van der Waals surface area contributed by atoms with E-state index in [0.29, 0.717) is 27.0 Å². The summed E-state index contributed by atoms with van der Waals surface area (Å²) in [4.78, 5) is 26.2. The van der Waals surface area contributed by atoms with Crippen LogP contribution in [0.1, 0.15) is 12.0 Å². The highest BCUT2D eigenvalue weighted by Crippen LogP contribution is 2.37. The summed E-state index contributed by atoms with van der Waals surface area (Å²) in [5.74, 6) is -1.01. The van der Waals surface area contributed by atoms with Crippen LogP contribution >= 0.6 is 23.2 Å². The van der Waals surface area contributed by atoms with Gasteiger partial charge in [0.1, 0.15) is 0 Å². The zero-order valence-corrected chi connectivity index (χ0v) is 14.5. The number of hydrogen-bond donors (Lipinski definition) is 1. The van der Waals surface area contributed by atoms with E-state index in [2.05, 4.69) is 5.32 Å². The number of amides is 2. The fourth-order valence-electron chi connectivity index (χ4n) is 2.76. The maximum absolute atomic E-state index is 12.5. The topological polar surface area (TPSA) is 73.2 Å². The first-order chi connectivity index (χ1) is 12.0. The average molecular weight is 374 g/mol. The number of carbonyl (C=O) groups excluding carboxylic acids is 2. The maximum atomic E-state index is 12.5. The van der Waals surface area contributed by atoms with E-state index in [1.807, 2.05) is 6.07 Å². The fourth-order valence-corrected chi connectivity index (χ4v) is 3.36. The smallest absolute Gasteiger partial charge is 0.229 e. The van der Waals surface area contributed by atoms with Crippen molar-refractivity contribution in [2.75, 3.05) is 16.8 Å². The molecule has 25 heavy (non-hydrogen) atoms. The van der Waals surface area contributed by atoms with Crippen molar-refractivity contribution in [1.82, 2.24) is 0 Å². The second-order valence-electron chi connectivity index (χ2n) is 5.66. The predicted molar refractivity (Wildman–Crippen MR) is 96.7 cm³/mol. The number of carbonyl (C=O) groups is 2. The van der Waals surface area contributed by atoms with E-state index in [1.54, 1.807) is 42.5 Å². The molecule has 0 spiro atoms. The minimum absolute atomic E-state index is 0.0747. The standard InChI is InChI=1S/C18H13Cl2N3O2/c19-14-5-2-6-15(20)17(14)23-10-12(8-16(23)24)18(25)22-13-4-1-3-11(7-13)9-21/h1-7,12H,8,10H2,(H,22,25). The Bertz CT molecular complexity index is 872. The summed E-state index contributed by atoms with van der Waals surface area (Å²) in [6.07, 6.45) is 0.0747. The van der Waals surface area contributed by atoms with E-state index in [0.717, 1.165) is 0 Å². The number of anilines is 2. The lowest BCUT2D eigenvalue weighted by molar-refractivity contribution is -0.122. The van der Waals surface area contributed by atoms with Crippen molar-refractivity contribution in [2.45, 2.75) is 6.42 Å². The number of nitrogens with zero attached hydrogens (tertiary/aromatic N) is 2. The van der Waals surface area contributed by atoms with Crippen LogP contribution in [-0.2, 0) is 9.59 Å². The molecule has 1 N–H and O–H groups in total. The molecular formula is C18H13Cl2N3O2. The van der Waals surface area contributed by atoms with Crippen LogP contribution in [0, 0.1) is 17.2 Å². The molecule has 1 saturated heterocycles. The summed E-state index contributed by atoms with van der Waals surface area (Å²) < 4.78 is 0. The van der Waals surface area contributed by atoms with Gasteiger partial charge in [-0.25, -0.2) is 0 Å². The molecule has 1 aliphatic rings. The lowest BCUT2D eigenvalue weighted by atomic mass is 10.1. The molecule has 1 heterocycles. The number of benzene rings is 2. The van der Waals surface area contributed by atoms with Gasteiger partial charge in [-0.1, -0.05) is 35.3 Å². The van der Waals surface area contributed by atoms with Crippen LogP contribution in [0.4, 0.5) is 11.4 Å². The van der Waals surface area contributed by atoms with Crippen molar-refractivity contribution in [3.63, 3.8) is 0 Å². The van der Waals surface area contributed by atoms with Crippen molar-refractivity contribution >= 4 is 46.4 Å². The van der Waals surface area contributed by atoms with Crippen LogP contribution in [0.25, 0.3) is 0 Å². The molecule has 0 aromatic heterocycles.